The van der Waals surface area contributed by atoms with E-state index in [2.05, 4.69) is 29.6 Å². The lowest BCUT2D eigenvalue weighted by Gasteiger charge is -2.09. The summed E-state index contributed by atoms with van der Waals surface area (Å²) in [6, 6.07) is 19.4. The van der Waals surface area contributed by atoms with Gasteiger partial charge in [-0.15, -0.1) is 0 Å². The van der Waals surface area contributed by atoms with E-state index < -0.39 is 11.7 Å². The van der Waals surface area contributed by atoms with Gasteiger partial charge in [0.2, 0.25) is 0 Å². The van der Waals surface area contributed by atoms with Gasteiger partial charge in [-0.2, -0.15) is 18.3 Å². The minimum absolute atomic E-state index is 0.602. The first-order valence-corrected chi connectivity index (χ1v) is 9.03. The molecule has 1 aliphatic rings. The maximum absolute atomic E-state index is 12.9. The number of anilines is 1. The molecular formula is C22H16F3N3. The van der Waals surface area contributed by atoms with E-state index in [0.717, 1.165) is 58.5 Å². The van der Waals surface area contributed by atoms with Gasteiger partial charge >= 0.3 is 6.18 Å². The zero-order chi connectivity index (χ0) is 19.3. The number of aromatic nitrogens is 2. The monoisotopic (exact) mass is 379 g/mol. The summed E-state index contributed by atoms with van der Waals surface area (Å²) in [7, 11) is 0. The number of hydrogen-bond acceptors (Lipinski definition) is 2. The van der Waals surface area contributed by atoms with Gasteiger partial charge in [0.05, 0.1) is 16.9 Å². The Hall–Kier alpha value is -3.28. The van der Waals surface area contributed by atoms with E-state index in [4.69, 9.17) is 5.10 Å². The smallest absolute Gasteiger partial charge is 0.369 e. The molecule has 0 unspecified atom stereocenters. The zero-order valence-corrected chi connectivity index (χ0v) is 14.8. The standard InChI is InChI=1S/C22H16F3N3/c23-22(24,25)17-7-9-18(10-8-17)28-21-19(11-12-26-21)20(27-28)16-6-5-14-3-1-2-4-15(14)13-16/h1-10,13,26H,11-12H2. The fourth-order valence-corrected chi connectivity index (χ4v) is 3.72. The quantitative estimate of drug-likeness (QED) is 0.486. The fourth-order valence-electron chi connectivity index (χ4n) is 3.72. The van der Waals surface area contributed by atoms with Crippen LogP contribution in [0.3, 0.4) is 0 Å². The molecule has 3 aromatic carbocycles. The molecule has 2 heterocycles. The van der Waals surface area contributed by atoms with Crippen molar-refractivity contribution in [3.63, 3.8) is 0 Å². The summed E-state index contributed by atoms with van der Waals surface area (Å²) < 4.78 is 40.3. The van der Waals surface area contributed by atoms with Crippen LogP contribution in [0, 0.1) is 0 Å². The van der Waals surface area contributed by atoms with Crippen LogP contribution in [0.1, 0.15) is 11.1 Å². The second-order valence-electron chi connectivity index (χ2n) is 6.87. The van der Waals surface area contributed by atoms with Crippen LogP contribution in [0.4, 0.5) is 19.0 Å². The molecule has 1 N–H and O–H groups in total. The molecule has 0 saturated carbocycles. The van der Waals surface area contributed by atoms with Crippen LogP contribution in [0.5, 0.6) is 0 Å². The van der Waals surface area contributed by atoms with E-state index in [1.54, 1.807) is 4.68 Å². The number of nitrogens with zero attached hydrogens (tertiary/aromatic N) is 2. The van der Waals surface area contributed by atoms with E-state index in [-0.39, 0.29) is 0 Å². The maximum atomic E-state index is 12.9. The largest absolute Gasteiger partial charge is 0.416 e. The lowest BCUT2D eigenvalue weighted by molar-refractivity contribution is -0.137. The molecular weight excluding hydrogens is 363 g/mol. The lowest BCUT2D eigenvalue weighted by atomic mass is 10.0. The Morgan fingerprint density at radius 3 is 2.39 bits per heavy atom. The molecule has 0 bridgehead atoms. The minimum Gasteiger partial charge on any atom is -0.369 e. The van der Waals surface area contributed by atoms with Crippen molar-refractivity contribution in [3.8, 4) is 16.9 Å². The third-order valence-electron chi connectivity index (χ3n) is 5.11. The second kappa shape index (κ2) is 6.12. The van der Waals surface area contributed by atoms with E-state index in [0.29, 0.717) is 5.69 Å². The summed E-state index contributed by atoms with van der Waals surface area (Å²) in [4.78, 5) is 0. The highest BCUT2D eigenvalue weighted by Crippen LogP contribution is 2.36. The molecule has 28 heavy (non-hydrogen) atoms. The molecule has 0 saturated heterocycles. The summed E-state index contributed by atoms with van der Waals surface area (Å²) >= 11 is 0. The maximum Gasteiger partial charge on any atom is 0.416 e. The Morgan fingerprint density at radius 2 is 1.64 bits per heavy atom. The summed E-state index contributed by atoms with van der Waals surface area (Å²) in [6.07, 6.45) is -3.52. The van der Waals surface area contributed by atoms with Gasteiger partial charge in [-0.25, -0.2) is 4.68 Å². The molecule has 5 rings (SSSR count). The molecule has 0 amide bonds. The van der Waals surface area contributed by atoms with E-state index in [1.807, 2.05) is 18.2 Å². The number of benzene rings is 3. The van der Waals surface area contributed by atoms with Crippen LogP contribution >= 0.6 is 0 Å². The van der Waals surface area contributed by atoms with Crippen LogP contribution in [0.25, 0.3) is 27.7 Å². The number of halogens is 3. The van der Waals surface area contributed by atoms with E-state index in [9.17, 15) is 13.2 Å². The van der Waals surface area contributed by atoms with Crippen molar-refractivity contribution < 1.29 is 13.2 Å². The highest BCUT2D eigenvalue weighted by Gasteiger charge is 2.30. The van der Waals surface area contributed by atoms with Crippen molar-refractivity contribution in [2.45, 2.75) is 12.6 Å². The van der Waals surface area contributed by atoms with Crippen molar-refractivity contribution in [1.82, 2.24) is 9.78 Å². The van der Waals surface area contributed by atoms with Crippen molar-refractivity contribution >= 4 is 16.6 Å². The van der Waals surface area contributed by atoms with Gasteiger partial charge in [0.1, 0.15) is 5.82 Å². The Bertz CT molecular complexity index is 1170. The second-order valence-corrected chi connectivity index (χ2v) is 6.87. The minimum atomic E-state index is -4.35. The van der Waals surface area contributed by atoms with E-state index >= 15 is 0 Å². The summed E-state index contributed by atoms with van der Waals surface area (Å²) in [5.74, 6) is 0.850. The van der Waals surface area contributed by atoms with Gasteiger partial charge in [-0.3, -0.25) is 0 Å². The highest BCUT2D eigenvalue weighted by molar-refractivity contribution is 5.88. The van der Waals surface area contributed by atoms with Gasteiger partial charge < -0.3 is 5.32 Å². The molecule has 0 atom stereocenters. The number of rotatable bonds is 2. The molecule has 0 aliphatic carbocycles. The van der Waals surface area contributed by atoms with Crippen LogP contribution in [0.2, 0.25) is 0 Å². The topological polar surface area (TPSA) is 29.9 Å². The molecule has 4 aromatic rings. The molecule has 140 valence electrons. The number of nitrogens with one attached hydrogen (secondary N) is 1. The predicted octanol–water partition coefficient (Wildman–Crippen LogP) is 5.68. The van der Waals surface area contributed by atoms with Crippen molar-refractivity contribution in [1.29, 1.82) is 0 Å². The van der Waals surface area contributed by atoms with Crippen LogP contribution < -0.4 is 5.32 Å². The van der Waals surface area contributed by atoms with Crippen LogP contribution in [-0.4, -0.2) is 16.3 Å². The average molecular weight is 379 g/mol. The Morgan fingerprint density at radius 1 is 0.893 bits per heavy atom. The Kier molecular flexibility index (Phi) is 3.69. The third kappa shape index (κ3) is 2.72. The molecule has 1 aliphatic heterocycles. The third-order valence-corrected chi connectivity index (χ3v) is 5.11. The van der Waals surface area contributed by atoms with Gasteiger partial charge in [0.15, 0.2) is 0 Å². The summed E-state index contributed by atoms with van der Waals surface area (Å²) in [5.41, 5.74) is 2.90. The Labute approximate surface area is 159 Å². The molecule has 6 heteroatoms. The first-order valence-electron chi connectivity index (χ1n) is 9.03. The average Bonchev–Trinajstić information content (AvgIpc) is 3.30. The molecule has 0 fully saturated rings. The first-order chi connectivity index (χ1) is 13.5. The normalized spacial score (nSPS) is 13.5. The highest BCUT2D eigenvalue weighted by atomic mass is 19.4. The van der Waals surface area contributed by atoms with Crippen molar-refractivity contribution in [2.24, 2.45) is 0 Å². The first kappa shape index (κ1) is 16.9. The van der Waals surface area contributed by atoms with Gasteiger partial charge in [0.25, 0.3) is 0 Å². The van der Waals surface area contributed by atoms with Gasteiger partial charge in [0, 0.05) is 17.7 Å². The SMILES string of the molecule is FC(F)(F)c1ccc(-n2nc(-c3ccc4ccccc4c3)c3c2NCC3)cc1. The molecule has 0 radical (unpaired) electrons. The van der Waals surface area contributed by atoms with E-state index in [1.165, 1.54) is 12.1 Å². The lowest BCUT2D eigenvalue weighted by Crippen LogP contribution is -2.07. The number of hydrogen-bond donors (Lipinski definition) is 1. The molecule has 3 nitrogen and oxygen atoms in total. The van der Waals surface area contributed by atoms with Crippen molar-refractivity contribution in [2.75, 3.05) is 11.9 Å². The predicted molar refractivity (Wildman–Crippen MR) is 104 cm³/mol. The molecule has 1 aromatic heterocycles. The fraction of sp³-hybridized carbons (Fsp3) is 0.136. The number of alkyl halides is 3. The number of fused-ring (bicyclic) bond motifs is 2. The van der Waals surface area contributed by atoms with Gasteiger partial charge in [-0.05, 0) is 47.5 Å². The molecule has 0 spiro atoms. The summed E-state index contributed by atoms with van der Waals surface area (Å²) in [5, 5.41) is 10.3. The van der Waals surface area contributed by atoms with Gasteiger partial charge in [-0.1, -0.05) is 36.4 Å². The van der Waals surface area contributed by atoms with Crippen LogP contribution in [-0.2, 0) is 12.6 Å². The Balaban J connectivity index is 1.61. The van der Waals surface area contributed by atoms with Crippen molar-refractivity contribution in [3.05, 3.63) is 77.9 Å². The zero-order valence-electron chi connectivity index (χ0n) is 14.8. The van der Waals surface area contributed by atoms with Crippen LogP contribution in [0.15, 0.2) is 66.7 Å². The summed E-state index contributed by atoms with van der Waals surface area (Å²) in [6.45, 7) is 0.786.